The molecule has 6 nitrogen and oxygen atoms in total. The molecule has 1 fully saturated rings. The number of nitrogens with one attached hydrogen (secondary N) is 1. The first-order chi connectivity index (χ1) is 8.97. The van der Waals surface area contributed by atoms with Gasteiger partial charge in [0.25, 0.3) is 5.91 Å². The number of carbonyl (C=O) groups is 3. The molecule has 1 aliphatic rings. The molecule has 2 N–H and O–H groups in total. The SMILES string of the molecule is O=C(O)CN1C(=O)N/C(=C/c2ccc(F)cc2)C1=O. The minimum Gasteiger partial charge on any atom is -0.480 e. The zero-order valence-electron chi connectivity index (χ0n) is 9.59. The zero-order valence-corrected chi connectivity index (χ0v) is 9.59. The van der Waals surface area contributed by atoms with Crippen LogP contribution in [0.1, 0.15) is 5.56 Å². The lowest BCUT2D eigenvalue weighted by atomic mass is 10.2. The van der Waals surface area contributed by atoms with Gasteiger partial charge in [0.15, 0.2) is 0 Å². The fourth-order valence-corrected chi connectivity index (χ4v) is 1.58. The van der Waals surface area contributed by atoms with E-state index in [1.165, 1.54) is 30.3 Å². The van der Waals surface area contributed by atoms with E-state index in [0.29, 0.717) is 10.5 Å². The number of urea groups is 1. The maximum atomic E-state index is 12.7. The van der Waals surface area contributed by atoms with E-state index in [-0.39, 0.29) is 5.70 Å². The van der Waals surface area contributed by atoms with Crippen LogP contribution in [0.5, 0.6) is 0 Å². The summed E-state index contributed by atoms with van der Waals surface area (Å²) in [6.45, 7) is -0.703. The van der Waals surface area contributed by atoms with Gasteiger partial charge in [0.1, 0.15) is 18.1 Å². The van der Waals surface area contributed by atoms with Gasteiger partial charge in [0.2, 0.25) is 0 Å². The first kappa shape index (κ1) is 12.7. The summed E-state index contributed by atoms with van der Waals surface area (Å²) >= 11 is 0. The van der Waals surface area contributed by atoms with Crippen molar-refractivity contribution < 1.29 is 23.9 Å². The molecule has 0 atom stereocenters. The van der Waals surface area contributed by atoms with Crippen LogP contribution in [-0.2, 0) is 9.59 Å². The van der Waals surface area contributed by atoms with Crippen molar-refractivity contribution >= 4 is 24.0 Å². The predicted octanol–water partition coefficient (Wildman–Crippen LogP) is 0.803. The predicted molar refractivity (Wildman–Crippen MR) is 62.3 cm³/mol. The number of halogens is 1. The van der Waals surface area contributed by atoms with E-state index in [0.717, 1.165) is 0 Å². The van der Waals surface area contributed by atoms with Gasteiger partial charge in [-0.15, -0.1) is 0 Å². The second-order valence-electron chi connectivity index (χ2n) is 3.82. The van der Waals surface area contributed by atoms with Gasteiger partial charge >= 0.3 is 12.0 Å². The molecule has 7 heteroatoms. The van der Waals surface area contributed by atoms with E-state index in [1.54, 1.807) is 0 Å². The van der Waals surface area contributed by atoms with E-state index in [2.05, 4.69) is 5.32 Å². The topological polar surface area (TPSA) is 86.7 Å². The van der Waals surface area contributed by atoms with E-state index in [4.69, 9.17) is 5.11 Å². The molecule has 0 unspecified atom stereocenters. The average Bonchev–Trinajstić information content (AvgIpc) is 2.60. The van der Waals surface area contributed by atoms with Crippen molar-refractivity contribution in [3.63, 3.8) is 0 Å². The first-order valence-electron chi connectivity index (χ1n) is 5.29. The monoisotopic (exact) mass is 264 g/mol. The second kappa shape index (κ2) is 4.89. The molecule has 19 heavy (non-hydrogen) atoms. The second-order valence-corrected chi connectivity index (χ2v) is 3.82. The van der Waals surface area contributed by atoms with Crippen LogP contribution < -0.4 is 5.32 Å². The normalized spacial score (nSPS) is 16.9. The molecule has 1 aromatic carbocycles. The molecule has 1 heterocycles. The van der Waals surface area contributed by atoms with Gasteiger partial charge in [-0.3, -0.25) is 9.59 Å². The standard InChI is InChI=1S/C12H9FN2O4/c13-8-3-1-7(2-4-8)5-9-11(18)15(6-10(16)17)12(19)14-9/h1-5H,6H2,(H,14,19)(H,16,17)/b9-5+. The van der Waals surface area contributed by atoms with Crippen LogP contribution >= 0.6 is 0 Å². The first-order valence-corrected chi connectivity index (χ1v) is 5.29. The largest absolute Gasteiger partial charge is 0.480 e. The Morgan fingerprint density at radius 1 is 1.32 bits per heavy atom. The van der Waals surface area contributed by atoms with Crippen molar-refractivity contribution in [2.45, 2.75) is 0 Å². The number of carbonyl (C=O) groups excluding carboxylic acids is 2. The molecule has 98 valence electrons. The number of imide groups is 1. The van der Waals surface area contributed by atoms with Crippen LogP contribution in [-0.4, -0.2) is 34.5 Å². The quantitative estimate of drug-likeness (QED) is 0.624. The van der Waals surface area contributed by atoms with Gasteiger partial charge in [-0.25, -0.2) is 14.1 Å². The molecule has 0 radical (unpaired) electrons. The van der Waals surface area contributed by atoms with Crippen LogP contribution in [0, 0.1) is 5.82 Å². The van der Waals surface area contributed by atoms with Crippen molar-refractivity contribution in [1.82, 2.24) is 10.2 Å². The lowest BCUT2D eigenvalue weighted by molar-refractivity contribution is -0.140. The third-order valence-electron chi connectivity index (χ3n) is 2.44. The number of carboxylic acids is 1. The van der Waals surface area contributed by atoms with Gasteiger partial charge in [0, 0.05) is 0 Å². The zero-order chi connectivity index (χ0) is 14.0. The van der Waals surface area contributed by atoms with E-state index in [9.17, 15) is 18.8 Å². The minimum absolute atomic E-state index is 0.0436. The lowest BCUT2D eigenvalue weighted by Gasteiger charge is -2.06. The summed E-state index contributed by atoms with van der Waals surface area (Å²) in [5, 5.41) is 10.8. The molecule has 0 bridgehead atoms. The van der Waals surface area contributed by atoms with Crippen LogP contribution in [0.4, 0.5) is 9.18 Å². The van der Waals surface area contributed by atoms with Gasteiger partial charge in [-0.2, -0.15) is 0 Å². The Bertz CT molecular complexity index is 580. The smallest absolute Gasteiger partial charge is 0.329 e. The molecule has 2 rings (SSSR count). The van der Waals surface area contributed by atoms with Gasteiger partial charge in [-0.1, -0.05) is 12.1 Å². The summed E-state index contributed by atoms with van der Waals surface area (Å²) in [5.74, 6) is -2.43. The summed E-state index contributed by atoms with van der Waals surface area (Å²) in [4.78, 5) is 34.3. The fraction of sp³-hybridized carbons (Fsp3) is 0.0833. The highest BCUT2D eigenvalue weighted by molar-refractivity contribution is 6.15. The van der Waals surface area contributed by atoms with E-state index in [1.807, 2.05) is 0 Å². The number of hydrogen-bond donors (Lipinski definition) is 2. The Labute approximate surface area is 107 Å². The number of amides is 3. The number of hydrogen-bond acceptors (Lipinski definition) is 3. The molecule has 0 saturated carbocycles. The maximum Gasteiger partial charge on any atom is 0.329 e. The molecule has 3 amide bonds. The Hall–Kier alpha value is -2.70. The minimum atomic E-state index is -1.29. The Balaban J connectivity index is 2.23. The van der Waals surface area contributed by atoms with Gasteiger partial charge in [-0.05, 0) is 23.8 Å². The van der Waals surface area contributed by atoms with Gasteiger partial charge in [0.05, 0.1) is 0 Å². The third kappa shape index (κ3) is 2.76. The summed E-state index contributed by atoms with van der Waals surface area (Å²) in [6, 6.07) is 4.50. The molecule has 1 saturated heterocycles. The number of carboxylic acid groups (broad SMARTS) is 1. The summed E-state index contributed by atoms with van der Waals surface area (Å²) in [7, 11) is 0. The fourth-order valence-electron chi connectivity index (χ4n) is 1.58. The van der Waals surface area contributed by atoms with Crippen LogP contribution in [0.3, 0.4) is 0 Å². The highest BCUT2D eigenvalue weighted by Crippen LogP contribution is 2.14. The number of rotatable bonds is 3. The number of nitrogens with zero attached hydrogens (tertiary/aromatic N) is 1. The molecule has 0 aliphatic carbocycles. The Morgan fingerprint density at radius 2 is 1.95 bits per heavy atom. The summed E-state index contributed by atoms with van der Waals surface area (Å²) < 4.78 is 12.7. The van der Waals surface area contributed by atoms with Crippen molar-refractivity contribution in [2.24, 2.45) is 0 Å². The highest BCUT2D eigenvalue weighted by Gasteiger charge is 2.34. The van der Waals surface area contributed by atoms with Crippen LogP contribution in [0.2, 0.25) is 0 Å². The van der Waals surface area contributed by atoms with Crippen molar-refractivity contribution in [2.75, 3.05) is 6.54 Å². The van der Waals surface area contributed by atoms with Crippen molar-refractivity contribution in [3.8, 4) is 0 Å². The summed E-state index contributed by atoms with van der Waals surface area (Å²) in [6.07, 6.45) is 1.35. The molecular weight excluding hydrogens is 255 g/mol. The van der Waals surface area contributed by atoms with Crippen molar-refractivity contribution in [1.29, 1.82) is 0 Å². The molecular formula is C12H9FN2O4. The molecule has 0 spiro atoms. The number of aliphatic carboxylic acids is 1. The van der Waals surface area contributed by atoms with E-state index >= 15 is 0 Å². The molecule has 1 aromatic rings. The number of benzene rings is 1. The van der Waals surface area contributed by atoms with Gasteiger partial charge < -0.3 is 10.4 Å². The van der Waals surface area contributed by atoms with Crippen LogP contribution in [0.25, 0.3) is 6.08 Å². The lowest BCUT2D eigenvalue weighted by Crippen LogP contribution is -2.35. The van der Waals surface area contributed by atoms with E-state index < -0.39 is 30.3 Å². The Kier molecular flexibility index (Phi) is 3.28. The Morgan fingerprint density at radius 3 is 2.53 bits per heavy atom. The van der Waals surface area contributed by atoms with Crippen molar-refractivity contribution in [3.05, 3.63) is 41.3 Å². The highest BCUT2D eigenvalue weighted by atomic mass is 19.1. The summed E-state index contributed by atoms with van der Waals surface area (Å²) in [5.41, 5.74) is 0.472. The molecule has 1 aliphatic heterocycles. The van der Waals surface area contributed by atoms with Crippen LogP contribution in [0.15, 0.2) is 30.0 Å². The average molecular weight is 264 g/mol. The third-order valence-corrected chi connectivity index (χ3v) is 2.44. The maximum absolute atomic E-state index is 12.7. The molecule has 0 aromatic heterocycles.